The third-order valence-corrected chi connectivity index (χ3v) is 4.73. The first kappa shape index (κ1) is 17.3. The molecule has 132 valence electrons. The monoisotopic (exact) mass is 340 g/mol. The Kier molecular flexibility index (Phi) is 4.93. The Morgan fingerprint density at radius 1 is 1.20 bits per heavy atom. The van der Waals surface area contributed by atoms with E-state index in [9.17, 15) is 9.59 Å². The molecule has 1 aliphatic heterocycles. The molecule has 0 aliphatic carbocycles. The summed E-state index contributed by atoms with van der Waals surface area (Å²) in [5.41, 5.74) is 3.00. The van der Waals surface area contributed by atoms with Gasteiger partial charge in [0.1, 0.15) is 0 Å². The molecule has 1 aliphatic rings. The molecule has 1 aromatic heterocycles. The van der Waals surface area contributed by atoms with E-state index >= 15 is 0 Å². The lowest BCUT2D eigenvalue weighted by atomic mass is 9.99. The molecule has 5 nitrogen and oxygen atoms in total. The standard InChI is InChI=1S/C20H24N2O3/c1-13-5-4-9-22(12-13)20(24)16-6-7-17(15(3)11-16)21-19(23)18-14(2)8-10-25-18/h6-8,10-11,13H,4-5,9,12H2,1-3H3,(H,21,23)/t13-/m1/s1. The van der Waals surface area contributed by atoms with Crippen LogP contribution in [0.5, 0.6) is 0 Å². The van der Waals surface area contributed by atoms with Gasteiger partial charge in [-0.1, -0.05) is 6.92 Å². The summed E-state index contributed by atoms with van der Waals surface area (Å²) in [7, 11) is 0. The van der Waals surface area contributed by atoms with E-state index in [1.807, 2.05) is 24.8 Å². The van der Waals surface area contributed by atoms with E-state index in [1.165, 1.54) is 12.7 Å². The van der Waals surface area contributed by atoms with E-state index < -0.39 is 0 Å². The van der Waals surface area contributed by atoms with E-state index in [0.717, 1.165) is 30.6 Å². The minimum Gasteiger partial charge on any atom is -0.459 e. The summed E-state index contributed by atoms with van der Waals surface area (Å²) in [6, 6.07) is 7.15. The Morgan fingerprint density at radius 3 is 2.64 bits per heavy atom. The second kappa shape index (κ2) is 7.13. The van der Waals surface area contributed by atoms with Gasteiger partial charge < -0.3 is 14.6 Å². The average molecular weight is 340 g/mol. The molecule has 0 radical (unpaired) electrons. The molecule has 1 atom stereocenters. The fourth-order valence-corrected chi connectivity index (χ4v) is 3.28. The summed E-state index contributed by atoms with van der Waals surface area (Å²) in [5.74, 6) is 0.639. The molecule has 0 saturated carbocycles. The highest BCUT2D eigenvalue weighted by atomic mass is 16.3. The van der Waals surface area contributed by atoms with Crippen LogP contribution in [0, 0.1) is 19.8 Å². The minimum absolute atomic E-state index is 0.0643. The summed E-state index contributed by atoms with van der Waals surface area (Å²) in [4.78, 5) is 26.9. The molecule has 1 saturated heterocycles. The molecule has 2 aromatic rings. The number of amides is 2. The quantitative estimate of drug-likeness (QED) is 0.918. The minimum atomic E-state index is -0.283. The largest absolute Gasteiger partial charge is 0.459 e. The van der Waals surface area contributed by atoms with Gasteiger partial charge in [0.15, 0.2) is 5.76 Å². The number of furan rings is 1. The maximum absolute atomic E-state index is 12.7. The SMILES string of the molecule is Cc1cc(C(=O)N2CCC[C@@H](C)C2)ccc1NC(=O)c1occc1C. The Morgan fingerprint density at radius 2 is 2.00 bits per heavy atom. The zero-order valence-corrected chi connectivity index (χ0v) is 15.0. The molecular weight excluding hydrogens is 316 g/mol. The third kappa shape index (κ3) is 3.76. The van der Waals surface area contributed by atoms with Crippen molar-refractivity contribution in [1.82, 2.24) is 4.90 Å². The highest BCUT2D eigenvalue weighted by molar-refractivity contribution is 6.04. The predicted octanol–water partition coefficient (Wildman–Crippen LogP) is 4.02. The molecule has 0 unspecified atom stereocenters. The van der Waals surface area contributed by atoms with Gasteiger partial charge in [-0.25, -0.2) is 0 Å². The summed E-state index contributed by atoms with van der Waals surface area (Å²) < 4.78 is 5.22. The van der Waals surface area contributed by atoms with E-state index in [-0.39, 0.29) is 11.8 Å². The van der Waals surface area contributed by atoms with Crippen LogP contribution in [0.1, 0.15) is 51.8 Å². The normalized spacial score (nSPS) is 17.4. The molecule has 5 heteroatoms. The molecule has 25 heavy (non-hydrogen) atoms. The van der Waals surface area contributed by atoms with Crippen molar-refractivity contribution in [3.63, 3.8) is 0 Å². The number of piperidine rings is 1. The van der Waals surface area contributed by atoms with Crippen molar-refractivity contribution in [3.8, 4) is 0 Å². The third-order valence-electron chi connectivity index (χ3n) is 4.73. The van der Waals surface area contributed by atoms with Gasteiger partial charge in [-0.15, -0.1) is 0 Å². The van der Waals surface area contributed by atoms with Crippen LogP contribution in [0.25, 0.3) is 0 Å². The number of aryl methyl sites for hydroxylation is 2. The summed E-state index contributed by atoms with van der Waals surface area (Å²) in [6.45, 7) is 7.53. The summed E-state index contributed by atoms with van der Waals surface area (Å²) in [6.07, 6.45) is 3.74. The number of hydrogen-bond donors (Lipinski definition) is 1. The Bertz CT molecular complexity index is 794. The smallest absolute Gasteiger partial charge is 0.291 e. The summed E-state index contributed by atoms with van der Waals surface area (Å²) in [5, 5.41) is 2.85. The number of nitrogens with one attached hydrogen (secondary N) is 1. The van der Waals surface area contributed by atoms with Gasteiger partial charge in [0, 0.05) is 29.9 Å². The molecule has 1 aromatic carbocycles. The topological polar surface area (TPSA) is 62.6 Å². The molecule has 1 N–H and O–H groups in total. The van der Waals surface area contributed by atoms with Gasteiger partial charge in [-0.05, 0) is 62.4 Å². The zero-order valence-electron chi connectivity index (χ0n) is 15.0. The van der Waals surface area contributed by atoms with Crippen molar-refractivity contribution in [3.05, 3.63) is 53.0 Å². The van der Waals surface area contributed by atoms with E-state index in [2.05, 4.69) is 12.2 Å². The van der Waals surface area contributed by atoms with E-state index in [4.69, 9.17) is 4.42 Å². The lowest BCUT2D eigenvalue weighted by Crippen LogP contribution is -2.39. The van der Waals surface area contributed by atoms with Crippen molar-refractivity contribution in [2.45, 2.75) is 33.6 Å². The van der Waals surface area contributed by atoms with Crippen molar-refractivity contribution in [2.24, 2.45) is 5.92 Å². The number of hydrogen-bond acceptors (Lipinski definition) is 3. The first-order chi connectivity index (χ1) is 12.0. The number of carbonyl (C=O) groups excluding carboxylic acids is 2. The molecule has 2 heterocycles. The summed E-state index contributed by atoms with van der Waals surface area (Å²) >= 11 is 0. The van der Waals surface area contributed by atoms with Crippen molar-refractivity contribution >= 4 is 17.5 Å². The number of rotatable bonds is 3. The van der Waals surface area contributed by atoms with Crippen molar-refractivity contribution < 1.29 is 14.0 Å². The molecular formula is C20H24N2O3. The second-order valence-electron chi connectivity index (χ2n) is 6.92. The number of nitrogens with zero attached hydrogens (tertiary/aromatic N) is 1. The van der Waals surface area contributed by atoms with Gasteiger partial charge in [0.05, 0.1) is 6.26 Å². The van der Waals surface area contributed by atoms with Crippen LogP contribution in [0.15, 0.2) is 34.9 Å². The maximum atomic E-state index is 12.7. The van der Waals surface area contributed by atoms with E-state index in [1.54, 1.807) is 18.2 Å². The van der Waals surface area contributed by atoms with Crippen LogP contribution in [0.3, 0.4) is 0 Å². The zero-order chi connectivity index (χ0) is 18.0. The molecule has 1 fully saturated rings. The maximum Gasteiger partial charge on any atom is 0.291 e. The number of carbonyl (C=O) groups is 2. The average Bonchev–Trinajstić information content (AvgIpc) is 3.02. The van der Waals surface area contributed by atoms with Crippen LogP contribution in [-0.2, 0) is 0 Å². The second-order valence-corrected chi connectivity index (χ2v) is 6.92. The van der Waals surface area contributed by atoms with Gasteiger partial charge >= 0.3 is 0 Å². The van der Waals surface area contributed by atoms with Crippen molar-refractivity contribution in [1.29, 1.82) is 0 Å². The molecule has 0 spiro atoms. The lowest BCUT2D eigenvalue weighted by molar-refractivity contribution is 0.0683. The van der Waals surface area contributed by atoms with Crippen LogP contribution in [-0.4, -0.2) is 29.8 Å². The van der Waals surface area contributed by atoms with E-state index in [0.29, 0.717) is 22.9 Å². The molecule has 0 bridgehead atoms. The Labute approximate surface area is 148 Å². The molecule has 3 rings (SSSR count). The Balaban J connectivity index is 1.73. The highest BCUT2D eigenvalue weighted by Gasteiger charge is 2.22. The van der Waals surface area contributed by atoms with Gasteiger partial charge in [-0.2, -0.15) is 0 Å². The van der Waals surface area contributed by atoms with Gasteiger partial charge in [-0.3, -0.25) is 9.59 Å². The van der Waals surface area contributed by atoms with Crippen LogP contribution < -0.4 is 5.32 Å². The highest BCUT2D eigenvalue weighted by Crippen LogP contribution is 2.22. The fourth-order valence-electron chi connectivity index (χ4n) is 3.28. The predicted molar refractivity (Wildman–Crippen MR) is 96.9 cm³/mol. The first-order valence-electron chi connectivity index (χ1n) is 8.71. The van der Waals surface area contributed by atoms with Gasteiger partial charge in [0.25, 0.3) is 11.8 Å². The Hall–Kier alpha value is -2.56. The first-order valence-corrected chi connectivity index (χ1v) is 8.71. The molecule has 2 amide bonds. The fraction of sp³-hybridized carbons (Fsp3) is 0.400. The van der Waals surface area contributed by atoms with Crippen LogP contribution >= 0.6 is 0 Å². The number of likely N-dealkylation sites (tertiary alicyclic amines) is 1. The lowest BCUT2D eigenvalue weighted by Gasteiger charge is -2.31. The van der Waals surface area contributed by atoms with Crippen molar-refractivity contribution in [2.75, 3.05) is 18.4 Å². The number of benzene rings is 1. The number of anilines is 1. The van der Waals surface area contributed by atoms with Crippen LogP contribution in [0.2, 0.25) is 0 Å². The van der Waals surface area contributed by atoms with Crippen LogP contribution in [0.4, 0.5) is 5.69 Å². The van der Waals surface area contributed by atoms with Gasteiger partial charge in [0.2, 0.25) is 0 Å².